The molecule has 1 saturated heterocycles. The minimum absolute atomic E-state index is 0.222. The van der Waals surface area contributed by atoms with Crippen molar-refractivity contribution in [1.82, 2.24) is 4.90 Å². The zero-order valence-electron chi connectivity index (χ0n) is 16.9. The third-order valence-electron chi connectivity index (χ3n) is 5.37. The Balaban J connectivity index is 1.48. The monoisotopic (exact) mass is 397 g/mol. The summed E-state index contributed by atoms with van der Waals surface area (Å²) in [4.78, 5) is 18.4. The Bertz CT molecular complexity index is 727. The van der Waals surface area contributed by atoms with E-state index in [0.29, 0.717) is 12.5 Å². The first-order chi connectivity index (χ1) is 13.7. The minimum Gasteiger partial charge on any atom is -0.384 e. The van der Waals surface area contributed by atoms with E-state index < -0.39 is 0 Å². The van der Waals surface area contributed by atoms with E-state index in [1.165, 1.54) is 10.6 Å². The summed E-state index contributed by atoms with van der Waals surface area (Å²) >= 11 is 1.76. The number of likely N-dealkylation sites (tertiary alicyclic amines) is 1. The van der Waals surface area contributed by atoms with Gasteiger partial charge in [-0.2, -0.15) is 0 Å². The molecule has 0 unspecified atom stereocenters. The van der Waals surface area contributed by atoms with E-state index in [9.17, 15) is 4.79 Å². The molecule has 150 valence electrons. The van der Waals surface area contributed by atoms with Crippen LogP contribution in [0.3, 0.4) is 0 Å². The Morgan fingerprint density at radius 1 is 1.11 bits per heavy atom. The smallest absolute Gasteiger partial charge is 0.226 e. The lowest BCUT2D eigenvalue weighted by atomic mass is 10.0. The van der Waals surface area contributed by atoms with Crippen LogP contribution in [0, 0.1) is 0 Å². The highest BCUT2D eigenvalue weighted by Gasteiger charge is 2.28. The van der Waals surface area contributed by atoms with Gasteiger partial charge in [-0.25, -0.2) is 0 Å². The molecule has 1 amide bonds. The van der Waals surface area contributed by atoms with E-state index in [-0.39, 0.29) is 5.91 Å². The van der Waals surface area contributed by atoms with Crippen LogP contribution in [0.2, 0.25) is 0 Å². The summed E-state index contributed by atoms with van der Waals surface area (Å²) in [6.07, 6.45) is 4.71. The quantitative estimate of drug-likeness (QED) is 0.653. The molecule has 0 aliphatic carbocycles. The lowest BCUT2D eigenvalue weighted by Gasteiger charge is -2.38. The van der Waals surface area contributed by atoms with E-state index in [0.717, 1.165) is 44.7 Å². The molecule has 1 N–H and O–H groups in total. The molecule has 0 saturated carbocycles. The fourth-order valence-corrected chi connectivity index (χ4v) is 4.19. The van der Waals surface area contributed by atoms with Gasteiger partial charge in [0.15, 0.2) is 0 Å². The summed E-state index contributed by atoms with van der Waals surface area (Å²) in [5, 5.41) is 3.51. The number of para-hydroxylation sites is 1. The number of hydrogen-bond donors (Lipinski definition) is 1. The minimum atomic E-state index is 0.222. The van der Waals surface area contributed by atoms with Gasteiger partial charge in [0.25, 0.3) is 0 Å². The number of carbonyl (C=O) groups is 1. The van der Waals surface area contributed by atoms with Gasteiger partial charge in [0, 0.05) is 54.9 Å². The molecule has 1 aliphatic heterocycles. The number of thioether (sulfide) groups is 1. The fourth-order valence-electron chi connectivity index (χ4n) is 3.79. The predicted molar refractivity (Wildman–Crippen MR) is 120 cm³/mol. The Kier molecular flexibility index (Phi) is 7.80. The van der Waals surface area contributed by atoms with Gasteiger partial charge in [-0.15, -0.1) is 11.8 Å². The maximum atomic E-state index is 12.6. The van der Waals surface area contributed by atoms with E-state index in [1.807, 2.05) is 42.2 Å². The van der Waals surface area contributed by atoms with Gasteiger partial charge in [-0.3, -0.25) is 4.79 Å². The van der Waals surface area contributed by atoms with Gasteiger partial charge in [-0.1, -0.05) is 25.1 Å². The van der Waals surface area contributed by atoms with Gasteiger partial charge in [0.05, 0.1) is 0 Å². The molecule has 2 aromatic rings. The summed E-state index contributed by atoms with van der Waals surface area (Å²) < 4.78 is 0. The van der Waals surface area contributed by atoms with Crippen molar-refractivity contribution in [3.63, 3.8) is 0 Å². The molecule has 1 heterocycles. The lowest BCUT2D eigenvalue weighted by molar-refractivity contribution is -0.119. The van der Waals surface area contributed by atoms with Crippen molar-refractivity contribution in [2.45, 2.75) is 37.1 Å². The molecular formula is C23H31N3OS. The summed E-state index contributed by atoms with van der Waals surface area (Å²) in [6, 6.07) is 19.0. The van der Waals surface area contributed by atoms with Crippen LogP contribution in [-0.4, -0.2) is 49.3 Å². The van der Waals surface area contributed by atoms with Crippen molar-refractivity contribution >= 4 is 29.0 Å². The van der Waals surface area contributed by atoms with Crippen molar-refractivity contribution in [2.24, 2.45) is 0 Å². The predicted octanol–water partition coefficient (Wildman–Crippen LogP) is 4.73. The summed E-state index contributed by atoms with van der Waals surface area (Å²) in [6.45, 7) is 6.00. The van der Waals surface area contributed by atoms with Crippen molar-refractivity contribution in [2.75, 3.05) is 42.7 Å². The largest absolute Gasteiger partial charge is 0.384 e. The Morgan fingerprint density at radius 2 is 1.79 bits per heavy atom. The van der Waals surface area contributed by atoms with E-state index in [1.54, 1.807) is 11.8 Å². The van der Waals surface area contributed by atoms with Crippen molar-refractivity contribution in [3.05, 3.63) is 54.6 Å². The number of amides is 1. The summed E-state index contributed by atoms with van der Waals surface area (Å²) in [7, 11) is 0. The highest BCUT2D eigenvalue weighted by Crippen LogP contribution is 2.24. The number of carbonyl (C=O) groups excluding carboxylic acids is 1. The van der Waals surface area contributed by atoms with Gasteiger partial charge >= 0.3 is 0 Å². The van der Waals surface area contributed by atoms with Crippen LogP contribution in [0.5, 0.6) is 0 Å². The molecule has 2 aromatic carbocycles. The van der Waals surface area contributed by atoms with Gasteiger partial charge in [0.1, 0.15) is 0 Å². The topological polar surface area (TPSA) is 35.6 Å². The Hall–Kier alpha value is -1.98. The first-order valence-electron chi connectivity index (χ1n) is 10.2. The normalized spacial score (nSPS) is 15.4. The van der Waals surface area contributed by atoms with Gasteiger partial charge in [-0.05, 0) is 55.5 Å². The number of benzene rings is 2. The van der Waals surface area contributed by atoms with Crippen LogP contribution in [0.15, 0.2) is 59.5 Å². The molecule has 0 aromatic heterocycles. The molecule has 4 nitrogen and oxygen atoms in total. The average molecular weight is 398 g/mol. The molecular weight excluding hydrogens is 366 g/mol. The van der Waals surface area contributed by atoms with E-state index in [4.69, 9.17) is 0 Å². The number of hydrogen-bond acceptors (Lipinski definition) is 4. The number of anilines is 2. The molecule has 3 rings (SSSR count). The fraction of sp³-hybridized carbons (Fsp3) is 0.435. The second kappa shape index (κ2) is 10.5. The maximum absolute atomic E-state index is 12.6. The highest BCUT2D eigenvalue weighted by molar-refractivity contribution is 7.98. The Labute approximate surface area is 173 Å². The van der Waals surface area contributed by atoms with Gasteiger partial charge < -0.3 is 15.1 Å². The zero-order valence-corrected chi connectivity index (χ0v) is 17.8. The first kappa shape index (κ1) is 20.7. The van der Waals surface area contributed by atoms with Crippen LogP contribution in [0.25, 0.3) is 0 Å². The summed E-state index contributed by atoms with van der Waals surface area (Å²) in [5.41, 5.74) is 2.21. The third kappa shape index (κ3) is 5.52. The number of piperidine rings is 1. The molecule has 0 bridgehead atoms. The highest BCUT2D eigenvalue weighted by atomic mass is 32.2. The van der Waals surface area contributed by atoms with E-state index >= 15 is 0 Å². The van der Waals surface area contributed by atoms with Crippen LogP contribution in [0.1, 0.15) is 26.2 Å². The second-order valence-corrected chi connectivity index (χ2v) is 8.06. The van der Waals surface area contributed by atoms with Crippen LogP contribution in [-0.2, 0) is 4.79 Å². The second-order valence-electron chi connectivity index (χ2n) is 7.18. The van der Waals surface area contributed by atoms with Crippen LogP contribution < -0.4 is 10.2 Å². The average Bonchev–Trinajstić information content (AvgIpc) is 2.76. The zero-order chi connectivity index (χ0) is 19.8. The van der Waals surface area contributed by atoms with Crippen LogP contribution >= 0.6 is 11.8 Å². The first-order valence-corrected chi connectivity index (χ1v) is 11.4. The number of rotatable bonds is 8. The molecule has 28 heavy (non-hydrogen) atoms. The Morgan fingerprint density at radius 3 is 2.39 bits per heavy atom. The van der Waals surface area contributed by atoms with Crippen molar-refractivity contribution < 1.29 is 4.79 Å². The van der Waals surface area contributed by atoms with Crippen molar-refractivity contribution in [3.8, 4) is 0 Å². The molecule has 1 aliphatic rings. The lowest BCUT2D eigenvalue weighted by Crippen LogP contribution is -2.48. The number of nitrogens with zero attached hydrogens (tertiary/aromatic N) is 2. The molecule has 0 atom stereocenters. The molecule has 0 spiro atoms. The molecule has 1 fully saturated rings. The summed E-state index contributed by atoms with van der Waals surface area (Å²) in [5.74, 6) is 0.222. The van der Waals surface area contributed by atoms with Crippen molar-refractivity contribution in [1.29, 1.82) is 0 Å². The van der Waals surface area contributed by atoms with Gasteiger partial charge in [0.2, 0.25) is 5.91 Å². The van der Waals surface area contributed by atoms with Crippen LogP contribution in [0.4, 0.5) is 11.4 Å². The molecule has 5 heteroatoms. The third-order valence-corrected chi connectivity index (χ3v) is 6.12. The SMILES string of the molecule is CCC(=O)N(c1ccccc1)C1CCN(CCNc2ccc(SC)cc2)CC1. The van der Waals surface area contributed by atoms with E-state index in [2.05, 4.69) is 40.7 Å². The standard InChI is InChI=1S/C23H31N3OS/c1-3-23(27)26(20-7-5-4-6-8-20)21-13-16-25(17-14-21)18-15-24-19-9-11-22(28-2)12-10-19/h4-12,21,24H,3,13-18H2,1-2H3. The number of nitrogens with one attached hydrogen (secondary N) is 1. The molecule has 0 radical (unpaired) electrons. The maximum Gasteiger partial charge on any atom is 0.226 e.